The molecule has 1 aliphatic heterocycles. The molecule has 2 unspecified atom stereocenters. The van der Waals surface area contributed by atoms with Gasteiger partial charge in [0.05, 0.1) is 29.3 Å². The van der Waals surface area contributed by atoms with Crippen molar-refractivity contribution in [2.24, 2.45) is 5.92 Å². The van der Waals surface area contributed by atoms with Gasteiger partial charge < -0.3 is 19.9 Å². The van der Waals surface area contributed by atoms with Gasteiger partial charge in [0.25, 0.3) is 0 Å². The first-order valence-electron chi connectivity index (χ1n) is 10.4. The third-order valence-corrected chi connectivity index (χ3v) is 6.06. The second kappa shape index (κ2) is 9.86. The average Bonchev–Trinajstić information content (AvgIpc) is 2.82. The van der Waals surface area contributed by atoms with Crippen molar-refractivity contribution in [1.29, 1.82) is 0 Å². The van der Waals surface area contributed by atoms with Crippen LogP contribution in [-0.4, -0.2) is 52.9 Å². The Morgan fingerprint density at radius 1 is 1.39 bits per heavy atom. The number of carbonyl (C=O) groups is 1. The highest BCUT2D eigenvalue weighted by Gasteiger charge is 2.30. The molecule has 0 radical (unpaired) electrons. The Bertz CT molecular complexity index is 1180. The molecule has 3 aromatic rings. The maximum atomic E-state index is 14.4. The van der Waals surface area contributed by atoms with E-state index in [-0.39, 0.29) is 16.9 Å². The van der Waals surface area contributed by atoms with Crippen molar-refractivity contribution >= 4 is 40.0 Å². The molecule has 10 heteroatoms. The normalized spacial score (nSPS) is 18.5. The highest BCUT2D eigenvalue weighted by molar-refractivity contribution is 6.31. The Kier molecular flexibility index (Phi) is 6.92. The SMILES string of the molecule is COc1cc2ncnc(Nc3cccc(Cl)c3F)c2cc1CN(C)C1CC(C(=O)O)CCO1. The van der Waals surface area contributed by atoms with Crippen LogP contribution in [-0.2, 0) is 16.1 Å². The number of carboxylic acids is 1. The molecule has 4 rings (SSSR count). The lowest BCUT2D eigenvalue weighted by Crippen LogP contribution is -2.40. The van der Waals surface area contributed by atoms with Crippen LogP contribution in [0.5, 0.6) is 5.75 Å². The van der Waals surface area contributed by atoms with Crippen LogP contribution in [0.25, 0.3) is 10.9 Å². The molecule has 0 aliphatic carbocycles. The van der Waals surface area contributed by atoms with Crippen molar-refractivity contribution < 1.29 is 23.8 Å². The van der Waals surface area contributed by atoms with Crippen LogP contribution in [0.4, 0.5) is 15.9 Å². The fourth-order valence-corrected chi connectivity index (χ4v) is 4.12. The zero-order chi connectivity index (χ0) is 23.5. The van der Waals surface area contributed by atoms with Gasteiger partial charge in [-0.05, 0) is 31.7 Å². The van der Waals surface area contributed by atoms with E-state index in [1.165, 1.54) is 12.4 Å². The van der Waals surface area contributed by atoms with Crippen LogP contribution >= 0.6 is 11.6 Å². The Labute approximate surface area is 195 Å². The van der Waals surface area contributed by atoms with E-state index in [9.17, 15) is 14.3 Å². The van der Waals surface area contributed by atoms with E-state index in [0.717, 1.165) is 5.56 Å². The van der Waals surface area contributed by atoms with Gasteiger partial charge in [-0.2, -0.15) is 0 Å². The van der Waals surface area contributed by atoms with Crippen molar-refractivity contribution in [1.82, 2.24) is 14.9 Å². The maximum Gasteiger partial charge on any atom is 0.306 e. The number of benzene rings is 2. The lowest BCUT2D eigenvalue weighted by Gasteiger charge is -2.34. The number of hydrogen-bond acceptors (Lipinski definition) is 7. The van der Waals surface area contributed by atoms with E-state index in [4.69, 9.17) is 21.1 Å². The molecule has 8 nitrogen and oxygen atoms in total. The highest BCUT2D eigenvalue weighted by atomic mass is 35.5. The van der Waals surface area contributed by atoms with Gasteiger partial charge in [-0.15, -0.1) is 0 Å². The number of aromatic nitrogens is 2. The van der Waals surface area contributed by atoms with Crippen molar-refractivity contribution in [2.45, 2.75) is 25.6 Å². The Morgan fingerprint density at radius 2 is 2.21 bits per heavy atom. The molecule has 1 fully saturated rings. The first kappa shape index (κ1) is 23.2. The number of methoxy groups -OCH3 is 1. The largest absolute Gasteiger partial charge is 0.496 e. The van der Waals surface area contributed by atoms with Gasteiger partial charge in [-0.1, -0.05) is 17.7 Å². The van der Waals surface area contributed by atoms with E-state index in [0.29, 0.717) is 48.5 Å². The average molecular weight is 475 g/mol. The lowest BCUT2D eigenvalue weighted by atomic mass is 9.98. The minimum Gasteiger partial charge on any atom is -0.496 e. The molecule has 33 heavy (non-hydrogen) atoms. The van der Waals surface area contributed by atoms with Gasteiger partial charge in [0.2, 0.25) is 0 Å². The molecule has 0 spiro atoms. The minimum absolute atomic E-state index is 0.00879. The van der Waals surface area contributed by atoms with Crippen LogP contribution in [0.2, 0.25) is 5.02 Å². The summed E-state index contributed by atoms with van der Waals surface area (Å²) in [5.41, 5.74) is 1.66. The maximum absolute atomic E-state index is 14.4. The number of halogens is 2. The van der Waals surface area contributed by atoms with Crippen LogP contribution < -0.4 is 10.1 Å². The summed E-state index contributed by atoms with van der Waals surface area (Å²) in [5, 5.41) is 13.1. The number of nitrogens with zero attached hydrogens (tertiary/aromatic N) is 3. The fourth-order valence-electron chi connectivity index (χ4n) is 3.95. The van der Waals surface area contributed by atoms with Crippen LogP contribution in [0, 0.1) is 11.7 Å². The number of carboxylic acid groups (broad SMARTS) is 1. The van der Waals surface area contributed by atoms with E-state index in [2.05, 4.69) is 15.3 Å². The number of rotatable bonds is 7. The first-order valence-corrected chi connectivity index (χ1v) is 10.8. The number of anilines is 2. The van der Waals surface area contributed by atoms with E-state index < -0.39 is 17.7 Å². The first-order chi connectivity index (χ1) is 15.9. The van der Waals surface area contributed by atoms with Crippen molar-refractivity contribution in [3.8, 4) is 5.75 Å². The fraction of sp³-hybridized carbons (Fsp3) is 0.348. The summed E-state index contributed by atoms with van der Waals surface area (Å²) in [5.74, 6) is -0.754. The van der Waals surface area contributed by atoms with Gasteiger partial charge in [-0.3, -0.25) is 9.69 Å². The molecular weight excluding hydrogens is 451 g/mol. The zero-order valence-electron chi connectivity index (χ0n) is 18.2. The second-order valence-corrected chi connectivity index (χ2v) is 8.34. The number of aliphatic carboxylic acids is 1. The third kappa shape index (κ3) is 5.00. The summed E-state index contributed by atoms with van der Waals surface area (Å²) in [6, 6.07) is 8.37. The molecule has 2 N–H and O–H groups in total. The molecule has 2 atom stereocenters. The van der Waals surface area contributed by atoms with Gasteiger partial charge in [0.1, 0.15) is 24.1 Å². The predicted octanol–water partition coefficient (Wildman–Crippen LogP) is 4.44. The monoisotopic (exact) mass is 474 g/mol. The summed E-state index contributed by atoms with van der Waals surface area (Å²) < 4.78 is 25.8. The van der Waals surface area contributed by atoms with E-state index in [1.54, 1.807) is 25.3 Å². The molecule has 0 bridgehead atoms. The smallest absolute Gasteiger partial charge is 0.306 e. The molecule has 1 saturated heterocycles. The van der Waals surface area contributed by atoms with Gasteiger partial charge in [0, 0.05) is 36.6 Å². The zero-order valence-corrected chi connectivity index (χ0v) is 19.0. The number of nitrogens with one attached hydrogen (secondary N) is 1. The summed E-state index contributed by atoms with van der Waals surface area (Å²) in [6.07, 6.45) is 1.97. The van der Waals surface area contributed by atoms with Crippen molar-refractivity contribution in [3.05, 3.63) is 53.1 Å². The molecular formula is C23H24ClFN4O4. The van der Waals surface area contributed by atoms with Crippen LogP contribution in [0.3, 0.4) is 0 Å². The number of ether oxygens (including phenoxy) is 2. The Morgan fingerprint density at radius 3 is 2.97 bits per heavy atom. The summed E-state index contributed by atoms with van der Waals surface area (Å²) in [4.78, 5) is 22.0. The number of fused-ring (bicyclic) bond motifs is 1. The van der Waals surface area contributed by atoms with Crippen molar-refractivity contribution in [2.75, 3.05) is 26.1 Å². The van der Waals surface area contributed by atoms with Crippen LogP contribution in [0.15, 0.2) is 36.7 Å². The highest BCUT2D eigenvalue weighted by Crippen LogP contribution is 2.33. The summed E-state index contributed by atoms with van der Waals surface area (Å²) in [7, 11) is 3.45. The molecule has 174 valence electrons. The van der Waals surface area contributed by atoms with Crippen LogP contribution in [0.1, 0.15) is 18.4 Å². The Hall–Kier alpha value is -3.01. The minimum atomic E-state index is -0.805. The standard InChI is InChI=1S/C23H24ClFN4O4/c1-29(20-9-13(23(30)31)6-7-33-20)11-14-8-15-18(10-19(14)32-2)26-12-27-22(15)28-17-5-3-4-16(24)21(17)25/h3-5,8,10,12-13,20H,6-7,9,11H2,1-2H3,(H,30,31)(H,26,27,28). The molecule has 0 amide bonds. The topological polar surface area (TPSA) is 96.8 Å². The van der Waals surface area contributed by atoms with Crippen molar-refractivity contribution in [3.63, 3.8) is 0 Å². The molecule has 2 aromatic carbocycles. The molecule has 1 aromatic heterocycles. The van der Waals surface area contributed by atoms with E-state index in [1.807, 2.05) is 18.0 Å². The quantitative estimate of drug-likeness (QED) is 0.518. The van der Waals surface area contributed by atoms with Gasteiger partial charge >= 0.3 is 5.97 Å². The van der Waals surface area contributed by atoms with Gasteiger partial charge in [-0.25, -0.2) is 14.4 Å². The molecule has 2 heterocycles. The summed E-state index contributed by atoms with van der Waals surface area (Å²) in [6.45, 7) is 0.837. The third-order valence-electron chi connectivity index (χ3n) is 5.77. The molecule has 0 saturated carbocycles. The molecule has 1 aliphatic rings. The Balaban J connectivity index is 1.65. The predicted molar refractivity (Wildman–Crippen MR) is 122 cm³/mol. The lowest BCUT2D eigenvalue weighted by molar-refractivity contribution is -0.153. The second-order valence-electron chi connectivity index (χ2n) is 7.93. The van der Waals surface area contributed by atoms with Gasteiger partial charge in [0.15, 0.2) is 5.82 Å². The summed E-state index contributed by atoms with van der Waals surface area (Å²) >= 11 is 5.91. The number of hydrogen-bond donors (Lipinski definition) is 2. The van der Waals surface area contributed by atoms with E-state index >= 15 is 0 Å².